The van der Waals surface area contributed by atoms with E-state index in [2.05, 4.69) is 153 Å². The van der Waals surface area contributed by atoms with E-state index in [-0.39, 0.29) is 0 Å². The second-order valence-electron chi connectivity index (χ2n) is 12.6. The molecule has 2 heterocycles. The van der Waals surface area contributed by atoms with Crippen LogP contribution in [0.15, 0.2) is 156 Å². The van der Waals surface area contributed by atoms with E-state index < -0.39 is 0 Å². The van der Waals surface area contributed by atoms with Crippen molar-refractivity contribution in [1.82, 2.24) is 9.97 Å². The third-order valence-electron chi connectivity index (χ3n) is 9.77. The quantitative estimate of drug-likeness (QED) is 0.186. The van der Waals surface area contributed by atoms with Crippen molar-refractivity contribution in [2.45, 2.75) is 6.92 Å². The van der Waals surface area contributed by atoms with Crippen LogP contribution in [0.3, 0.4) is 0 Å². The van der Waals surface area contributed by atoms with E-state index in [4.69, 9.17) is 14.4 Å². The monoisotopic (exact) mass is 612 g/mol. The molecule has 0 aliphatic carbocycles. The summed E-state index contributed by atoms with van der Waals surface area (Å²) in [6, 6.07) is 51.6. The molecule has 0 amide bonds. The van der Waals surface area contributed by atoms with E-state index in [9.17, 15) is 0 Å². The van der Waals surface area contributed by atoms with Gasteiger partial charge in [-0.1, -0.05) is 127 Å². The maximum Gasteiger partial charge on any atom is 0.143 e. The van der Waals surface area contributed by atoms with E-state index in [0.29, 0.717) is 0 Å². The average Bonchev–Trinajstić information content (AvgIpc) is 3.56. The Kier molecular flexibility index (Phi) is 5.79. The van der Waals surface area contributed by atoms with Crippen LogP contribution >= 0.6 is 0 Å². The zero-order valence-corrected chi connectivity index (χ0v) is 26.2. The molecule has 3 nitrogen and oxygen atoms in total. The first-order chi connectivity index (χ1) is 23.7. The lowest BCUT2D eigenvalue weighted by Gasteiger charge is -2.11. The predicted molar refractivity (Wildman–Crippen MR) is 200 cm³/mol. The predicted octanol–water partition coefficient (Wildman–Crippen LogP) is 12.3. The Hall–Kier alpha value is -6.32. The second-order valence-corrected chi connectivity index (χ2v) is 12.6. The average molecular weight is 613 g/mol. The minimum absolute atomic E-state index is 0.857. The fourth-order valence-electron chi connectivity index (χ4n) is 7.53. The maximum absolute atomic E-state index is 6.68. The van der Waals surface area contributed by atoms with Gasteiger partial charge in [0.05, 0.1) is 22.9 Å². The van der Waals surface area contributed by atoms with Crippen molar-refractivity contribution < 1.29 is 4.42 Å². The summed E-state index contributed by atoms with van der Waals surface area (Å²) in [4.78, 5) is 10.2. The minimum atomic E-state index is 0.857. The highest BCUT2D eigenvalue weighted by atomic mass is 16.3. The molecule has 0 bridgehead atoms. The van der Waals surface area contributed by atoms with Crippen LogP contribution in [-0.4, -0.2) is 9.97 Å². The fourth-order valence-corrected chi connectivity index (χ4v) is 7.53. The molecule has 0 saturated carbocycles. The molecule has 0 N–H and O–H groups in total. The smallest absolute Gasteiger partial charge is 0.143 e. The van der Waals surface area contributed by atoms with Gasteiger partial charge in [-0.3, -0.25) is 4.98 Å². The Labute approximate surface area is 276 Å². The van der Waals surface area contributed by atoms with Gasteiger partial charge in [0.1, 0.15) is 11.2 Å². The lowest BCUT2D eigenvalue weighted by atomic mass is 9.95. The maximum atomic E-state index is 6.68. The van der Waals surface area contributed by atoms with Gasteiger partial charge in [-0.05, 0) is 68.9 Å². The Morgan fingerprint density at radius 1 is 0.458 bits per heavy atom. The lowest BCUT2D eigenvalue weighted by Crippen LogP contribution is -1.92. The van der Waals surface area contributed by atoms with Crippen LogP contribution in [0.25, 0.3) is 98.8 Å². The van der Waals surface area contributed by atoms with Crippen LogP contribution < -0.4 is 0 Å². The van der Waals surface area contributed by atoms with Crippen LogP contribution in [-0.2, 0) is 0 Å². The zero-order valence-electron chi connectivity index (χ0n) is 26.2. The van der Waals surface area contributed by atoms with Crippen molar-refractivity contribution in [2.75, 3.05) is 0 Å². The van der Waals surface area contributed by atoms with Gasteiger partial charge in [0, 0.05) is 32.7 Å². The van der Waals surface area contributed by atoms with Crippen LogP contribution in [0.5, 0.6) is 0 Å². The summed E-state index contributed by atoms with van der Waals surface area (Å²) in [5.41, 5.74) is 11.2. The Bertz CT molecular complexity index is 2880. The molecule has 0 fully saturated rings. The molecule has 0 spiro atoms. The summed E-state index contributed by atoms with van der Waals surface area (Å²) in [5, 5.41) is 9.42. The molecule has 10 rings (SSSR count). The molecule has 0 saturated heterocycles. The second kappa shape index (κ2) is 10.3. The van der Waals surface area contributed by atoms with Gasteiger partial charge in [0.2, 0.25) is 0 Å². The molecule has 10 aromatic rings. The molecule has 3 heteroatoms. The molecule has 2 aromatic heterocycles. The number of hydrogen-bond acceptors (Lipinski definition) is 3. The van der Waals surface area contributed by atoms with E-state index in [1.54, 1.807) is 0 Å². The number of benzene rings is 8. The highest BCUT2D eigenvalue weighted by Gasteiger charge is 2.17. The molecule has 0 aliphatic rings. The summed E-state index contributed by atoms with van der Waals surface area (Å²) in [7, 11) is 0. The van der Waals surface area contributed by atoms with E-state index in [1.807, 2.05) is 6.20 Å². The first-order valence-corrected chi connectivity index (χ1v) is 16.3. The van der Waals surface area contributed by atoms with Crippen molar-refractivity contribution in [2.24, 2.45) is 0 Å². The van der Waals surface area contributed by atoms with Gasteiger partial charge >= 0.3 is 0 Å². The number of rotatable bonds is 3. The van der Waals surface area contributed by atoms with E-state index in [0.717, 1.165) is 77.4 Å². The SMILES string of the molecule is Cc1cc2ccccc2c2c1oc1c(-c3cccc(-c4cccc(-c5cnc6c7ccccc7c7ccccc7c6n5)c4)c3)cccc12. The fraction of sp³-hybridized carbons (Fsp3) is 0.0222. The molecule has 0 atom stereocenters. The molecular weight excluding hydrogens is 585 g/mol. The summed E-state index contributed by atoms with van der Waals surface area (Å²) in [5.74, 6) is 0. The van der Waals surface area contributed by atoms with Crippen LogP contribution in [0, 0.1) is 6.92 Å². The Morgan fingerprint density at radius 2 is 1.04 bits per heavy atom. The summed E-state index contributed by atoms with van der Waals surface area (Å²) < 4.78 is 6.68. The molecule has 0 unspecified atom stereocenters. The third kappa shape index (κ3) is 4.01. The summed E-state index contributed by atoms with van der Waals surface area (Å²) in [6.07, 6.45) is 1.91. The van der Waals surface area contributed by atoms with Crippen molar-refractivity contribution in [3.63, 3.8) is 0 Å². The Balaban J connectivity index is 1.10. The zero-order chi connectivity index (χ0) is 31.8. The highest BCUT2D eigenvalue weighted by molar-refractivity contribution is 6.23. The van der Waals surface area contributed by atoms with Gasteiger partial charge in [0.25, 0.3) is 0 Å². The molecule has 224 valence electrons. The highest BCUT2D eigenvalue weighted by Crippen LogP contribution is 2.41. The van der Waals surface area contributed by atoms with Crippen LogP contribution in [0.4, 0.5) is 0 Å². The number of fused-ring (bicyclic) bond motifs is 11. The van der Waals surface area contributed by atoms with Crippen molar-refractivity contribution in [3.05, 3.63) is 157 Å². The van der Waals surface area contributed by atoms with E-state index in [1.165, 1.54) is 26.9 Å². The first kappa shape index (κ1) is 26.9. The van der Waals surface area contributed by atoms with Gasteiger partial charge in [-0.2, -0.15) is 0 Å². The molecular formula is C45H28N2O. The number of furan rings is 1. The molecule has 0 aliphatic heterocycles. The van der Waals surface area contributed by atoms with Gasteiger partial charge in [0.15, 0.2) is 0 Å². The van der Waals surface area contributed by atoms with Crippen LogP contribution in [0.2, 0.25) is 0 Å². The number of hydrogen-bond donors (Lipinski definition) is 0. The van der Waals surface area contributed by atoms with Crippen molar-refractivity contribution >= 4 is 65.3 Å². The molecule has 8 aromatic carbocycles. The summed E-state index contributed by atoms with van der Waals surface area (Å²) >= 11 is 0. The minimum Gasteiger partial charge on any atom is -0.455 e. The van der Waals surface area contributed by atoms with Crippen LogP contribution in [0.1, 0.15) is 5.56 Å². The third-order valence-corrected chi connectivity index (χ3v) is 9.77. The normalized spacial score (nSPS) is 11.9. The number of para-hydroxylation sites is 1. The van der Waals surface area contributed by atoms with Gasteiger partial charge in [-0.15, -0.1) is 0 Å². The van der Waals surface area contributed by atoms with Gasteiger partial charge < -0.3 is 4.42 Å². The number of nitrogens with zero attached hydrogens (tertiary/aromatic N) is 2. The Morgan fingerprint density at radius 3 is 1.81 bits per heavy atom. The number of aryl methyl sites for hydroxylation is 1. The molecule has 48 heavy (non-hydrogen) atoms. The number of aromatic nitrogens is 2. The largest absolute Gasteiger partial charge is 0.455 e. The van der Waals surface area contributed by atoms with Crippen molar-refractivity contribution in [1.29, 1.82) is 0 Å². The topological polar surface area (TPSA) is 38.9 Å². The lowest BCUT2D eigenvalue weighted by molar-refractivity contribution is 0.667. The van der Waals surface area contributed by atoms with Crippen molar-refractivity contribution in [3.8, 4) is 33.5 Å². The van der Waals surface area contributed by atoms with E-state index >= 15 is 0 Å². The first-order valence-electron chi connectivity index (χ1n) is 16.3. The summed E-state index contributed by atoms with van der Waals surface area (Å²) in [6.45, 7) is 2.13. The molecule has 0 radical (unpaired) electrons. The standard InChI is InChI=1S/C45H28N2O/c1-27-23-30-11-2-3-16-33(30)41-39-22-10-21-34(45(39)48-44(27)41)31-14-8-12-28(24-31)29-13-9-15-32(25-29)40-26-46-42-37-19-6-4-17-35(37)36-18-5-7-20-38(36)43(42)47-40/h2-26H,1H3. The van der Waals surface area contributed by atoms with Gasteiger partial charge in [-0.25, -0.2) is 4.98 Å².